The van der Waals surface area contributed by atoms with Crippen molar-refractivity contribution in [2.45, 2.75) is 24.0 Å². The smallest absolute Gasteiger partial charge is 0.354 e. The average Bonchev–Trinajstić information content (AvgIpc) is 2.54. The van der Waals surface area contributed by atoms with Crippen LogP contribution in [0.25, 0.3) is 0 Å². The maximum atomic E-state index is 12.2. The highest BCUT2D eigenvalue weighted by Crippen LogP contribution is 2.28. The summed E-state index contributed by atoms with van der Waals surface area (Å²) in [5, 5.41) is 2.14. The van der Waals surface area contributed by atoms with Crippen molar-refractivity contribution < 1.29 is 27.5 Å². The number of hydrogen-bond acceptors (Lipinski definition) is 7. The minimum absolute atomic E-state index is 0.0340. The fourth-order valence-corrected chi connectivity index (χ4v) is 2.88. The van der Waals surface area contributed by atoms with Gasteiger partial charge >= 0.3 is 11.9 Å². The van der Waals surface area contributed by atoms with Gasteiger partial charge in [0.1, 0.15) is 5.70 Å². The summed E-state index contributed by atoms with van der Waals surface area (Å²) in [5.74, 6) is -1.63. The van der Waals surface area contributed by atoms with Crippen molar-refractivity contribution in [2.75, 3.05) is 19.5 Å². The first-order chi connectivity index (χ1) is 11.1. The molecular formula is C15H18ClNO6S. The summed E-state index contributed by atoms with van der Waals surface area (Å²) in [6.45, 7) is 3.10. The molecule has 1 N–H and O–H groups in total. The molecule has 0 aliphatic heterocycles. The van der Waals surface area contributed by atoms with Crippen LogP contribution in [-0.2, 0) is 28.9 Å². The van der Waals surface area contributed by atoms with E-state index >= 15 is 0 Å². The zero-order chi connectivity index (χ0) is 18.5. The van der Waals surface area contributed by atoms with Crippen LogP contribution < -0.4 is 5.32 Å². The van der Waals surface area contributed by atoms with Crippen molar-refractivity contribution in [3.63, 3.8) is 0 Å². The fourth-order valence-electron chi connectivity index (χ4n) is 1.63. The van der Waals surface area contributed by atoms with Gasteiger partial charge in [-0.05, 0) is 32.0 Å². The number of halogens is 1. The Bertz CT molecular complexity index is 770. The Morgan fingerprint density at radius 3 is 2.33 bits per heavy atom. The van der Waals surface area contributed by atoms with Crippen molar-refractivity contribution in [3.05, 3.63) is 35.0 Å². The van der Waals surface area contributed by atoms with Crippen molar-refractivity contribution in [1.29, 1.82) is 0 Å². The van der Waals surface area contributed by atoms with Gasteiger partial charge in [-0.2, -0.15) is 0 Å². The zero-order valence-electron chi connectivity index (χ0n) is 13.6. The lowest BCUT2D eigenvalue weighted by Gasteiger charge is -2.13. The Morgan fingerprint density at radius 2 is 1.83 bits per heavy atom. The first-order valence-corrected chi connectivity index (χ1v) is 8.74. The molecule has 0 unspecified atom stereocenters. The van der Waals surface area contributed by atoms with E-state index in [1.807, 2.05) is 0 Å². The molecule has 0 bridgehead atoms. The fraction of sp³-hybridized carbons (Fsp3) is 0.333. The van der Waals surface area contributed by atoms with Crippen LogP contribution in [0.2, 0.25) is 5.02 Å². The van der Waals surface area contributed by atoms with Gasteiger partial charge in [-0.25, -0.2) is 18.0 Å². The number of ether oxygens (including phenoxy) is 2. The Hall–Kier alpha value is -2.06. The van der Waals surface area contributed by atoms with Crippen LogP contribution in [0, 0.1) is 0 Å². The van der Waals surface area contributed by atoms with Gasteiger partial charge in [-0.15, -0.1) is 0 Å². The molecule has 0 amide bonds. The predicted molar refractivity (Wildman–Crippen MR) is 89.5 cm³/mol. The number of rotatable bonds is 6. The van der Waals surface area contributed by atoms with E-state index in [-0.39, 0.29) is 21.3 Å². The maximum Gasteiger partial charge on any atom is 0.354 e. The Labute approximate surface area is 145 Å². The normalized spacial score (nSPS) is 12.0. The van der Waals surface area contributed by atoms with Crippen molar-refractivity contribution >= 4 is 39.1 Å². The molecule has 0 radical (unpaired) electrons. The zero-order valence-corrected chi connectivity index (χ0v) is 15.2. The van der Waals surface area contributed by atoms with Crippen molar-refractivity contribution in [3.8, 4) is 0 Å². The molecule has 132 valence electrons. The molecule has 1 aromatic carbocycles. The van der Waals surface area contributed by atoms with Gasteiger partial charge in [-0.3, -0.25) is 0 Å². The van der Waals surface area contributed by atoms with E-state index in [0.717, 1.165) is 20.3 Å². The maximum absolute atomic E-state index is 12.2. The molecule has 1 rings (SSSR count). The van der Waals surface area contributed by atoms with Crippen LogP contribution in [-0.4, -0.2) is 39.8 Å². The summed E-state index contributed by atoms with van der Waals surface area (Å²) >= 11 is 6.04. The molecule has 0 aromatic heterocycles. The summed E-state index contributed by atoms with van der Waals surface area (Å²) in [5.41, 5.74) is -0.107. The molecule has 9 heteroatoms. The summed E-state index contributed by atoms with van der Waals surface area (Å²) in [4.78, 5) is 23.1. The van der Waals surface area contributed by atoms with E-state index in [2.05, 4.69) is 14.8 Å². The molecule has 1 aromatic rings. The summed E-state index contributed by atoms with van der Waals surface area (Å²) in [7, 11) is -1.25. The van der Waals surface area contributed by atoms with Gasteiger partial charge in [0.25, 0.3) is 0 Å². The Kier molecular flexibility index (Phi) is 6.80. The Balaban J connectivity index is 3.32. The molecule has 7 nitrogen and oxygen atoms in total. The number of carbonyl (C=O) groups is 2. The second-order valence-electron chi connectivity index (χ2n) is 4.93. The average molecular weight is 376 g/mol. The van der Waals surface area contributed by atoms with E-state index in [0.29, 0.717) is 0 Å². The summed E-state index contributed by atoms with van der Waals surface area (Å²) < 4.78 is 33.5. The lowest BCUT2D eigenvalue weighted by atomic mass is 10.3. The van der Waals surface area contributed by atoms with Gasteiger partial charge in [0.2, 0.25) is 0 Å². The topological polar surface area (TPSA) is 98.8 Å². The van der Waals surface area contributed by atoms with Gasteiger partial charge in [-0.1, -0.05) is 11.6 Å². The van der Waals surface area contributed by atoms with E-state index in [1.165, 1.54) is 18.2 Å². The minimum atomic E-state index is -3.53. The van der Waals surface area contributed by atoms with Crippen molar-refractivity contribution in [2.24, 2.45) is 0 Å². The molecule has 0 heterocycles. The van der Waals surface area contributed by atoms with E-state index in [4.69, 9.17) is 11.6 Å². The van der Waals surface area contributed by atoms with E-state index < -0.39 is 27.0 Å². The third-order valence-electron chi connectivity index (χ3n) is 3.02. The lowest BCUT2D eigenvalue weighted by molar-refractivity contribution is -0.138. The number of methoxy groups -OCH3 is 2. The minimum Gasteiger partial charge on any atom is -0.466 e. The highest BCUT2D eigenvalue weighted by Gasteiger charge is 2.21. The van der Waals surface area contributed by atoms with E-state index in [9.17, 15) is 18.0 Å². The monoisotopic (exact) mass is 375 g/mol. The van der Waals surface area contributed by atoms with Crippen LogP contribution in [0.3, 0.4) is 0 Å². The molecule has 0 atom stereocenters. The molecule has 24 heavy (non-hydrogen) atoms. The van der Waals surface area contributed by atoms with Crippen LogP contribution in [0.15, 0.2) is 34.9 Å². The number of nitrogens with one attached hydrogen (secondary N) is 1. The van der Waals surface area contributed by atoms with Crippen LogP contribution >= 0.6 is 11.6 Å². The van der Waals surface area contributed by atoms with Crippen LogP contribution in [0.1, 0.15) is 13.8 Å². The van der Waals surface area contributed by atoms with Gasteiger partial charge in [0, 0.05) is 0 Å². The number of anilines is 1. The largest absolute Gasteiger partial charge is 0.466 e. The SMILES string of the molecule is COC(=O)/C=C(/Nc1cc(S(=O)(=O)C(C)C)ccc1Cl)C(=O)OC. The number of carbonyl (C=O) groups excluding carboxylic acids is 2. The third kappa shape index (κ3) is 4.72. The standard InChI is InChI=1S/C15H18ClNO6S/c1-9(2)24(20,21)10-5-6-11(16)12(7-10)17-13(15(19)23-4)8-14(18)22-3/h5-9,17H,1-4H3/b13-8+. The molecular weight excluding hydrogens is 358 g/mol. The molecule has 0 aliphatic rings. The number of benzene rings is 1. The second kappa shape index (κ2) is 8.16. The highest BCUT2D eigenvalue weighted by molar-refractivity contribution is 7.92. The molecule has 0 spiro atoms. The lowest BCUT2D eigenvalue weighted by Crippen LogP contribution is -2.17. The second-order valence-corrected chi connectivity index (χ2v) is 7.84. The van der Waals surface area contributed by atoms with E-state index in [1.54, 1.807) is 13.8 Å². The first-order valence-electron chi connectivity index (χ1n) is 6.82. The summed E-state index contributed by atoms with van der Waals surface area (Å²) in [6.07, 6.45) is 0.881. The molecule has 0 aliphatic carbocycles. The predicted octanol–water partition coefficient (Wildman–Crippen LogP) is 2.16. The first kappa shape index (κ1) is 20.0. The molecule has 0 saturated carbocycles. The van der Waals surface area contributed by atoms with Gasteiger partial charge in [0.15, 0.2) is 9.84 Å². The quantitative estimate of drug-likeness (QED) is 0.600. The van der Waals surface area contributed by atoms with Gasteiger partial charge in [0.05, 0.1) is 41.2 Å². The number of esters is 2. The van der Waals surface area contributed by atoms with Crippen LogP contribution in [0.4, 0.5) is 5.69 Å². The number of hydrogen-bond donors (Lipinski definition) is 1. The van der Waals surface area contributed by atoms with Gasteiger partial charge < -0.3 is 14.8 Å². The molecule has 0 saturated heterocycles. The Morgan fingerprint density at radius 1 is 1.21 bits per heavy atom. The van der Waals surface area contributed by atoms with Crippen LogP contribution in [0.5, 0.6) is 0 Å². The third-order valence-corrected chi connectivity index (χ3v) is 5.51. The molecule has 0 fully saturated rings. The van der Waals surface area contributed by atoms with Crippen molar-refractivity contribution in [1.82, 2.24) is 0 Å². The summed E-state index contributed by atoms with van der Waals surface area (Å²) in [6, 6.07) is 4.03. The number of sulfone groups is 1. The highest BCUT2D eigenvalue weighted by atomic mass is 35.5.